The second-order valence-electron chi connectivity index (χ2n) is 17.6. The van der Waals surface area contributed by atoms with Crippen LogP contribution in [-0.4, -0.2) is 97.3 Å². The number of aromatic nitrogens is 2. The smallest absolute Gasteiger partial charge is 0.405 e. The maximum absolute atomic E-state index is 14.6. The molecular weight excluding hydrogens is 747 g/mol. The third-order valence-electron chi connectivity index (χ3n) is 10.7. The quantitative estimate of drug-likeness (QED) is 0.0917. The lowest BCUT2D eigenvalue weighted by molar-refractivity contribution is -0.131. The molecule has 0 unspecified atom stereocenters. The molecule has 1 saturated heterocycles. The Labute approximate surface area is 347 Å². The Morgan fingerprint density at radius 3 is 2.02 bits per heavy atom. The van der Waals surface area contributed by atoms with Crippen molar-refractivity contribution in [1.82, 2.24) is 35.7 Å². The molecule has 0 bridgehead atoms. The monoisotopic (exact) mass is 805 g/mol. The first-order valence-corrected chi connectivity index (χ1v) is 20.2. The normalized spacial score (nSPS) is 15.8. The number of benzene rings is 2. The van der Waals surface area contributed by atoms with Crippen molar-refractivity contribution in [3.63, 3.8) is 0 Å². The van der Waals surface area contributed by atoms with E-state index in [9.17, 15) is 29.4 Å². The second kappa shape index (κ2) is 19.3. The minimum absolute atomic E-state index is 0.0243. The Morgan fingerprint density at radius 1 is 0.746 bits per heavy atom. The van der Waals surface area contributed by atoms with Crippen LogP contribution < -0.4 is 16.0 Å². The predicted molar refractivity (Wildman–Crippen MR) is 227 cm³/mol. The molecule has 1 aliphatic rings. The zero-order valence-electron chi connectivity index (χ0n) is 35.2. The van der Waals surface area contributed by atoms with Crippen molar-refractivity contribution in [3.8, 4) is 11.3 Å². The number of carboxylic acid groups (broad SMARTS) is 1. The van der Waals surface area contributed by atoms with Crippen molar-refractivity contribution in [2.24, 2.45) is 10.8 Å². The van der Waals surface area contributed by atoms with E-state index in [0.29, 0.717) is 26.1 Å². The summed E-state index contributed by atoms with van der Waals surface area (Å²) >= 11 is 0. The van der Waals surface area contributed by atoms with Crippen molar-refractivity contribution >= 4 is 23.9 Å². The summed E-state index contributed by atoms with van der Waals surface area (Å²) < 4.78 is 0. The number of amides is 5. The molecule has 0 radical (unpaired) electrons. The van der Waals surface area contributed by atoms with Gasteiger partial charge in [0, 0.05) is 49.3 Å². The molecule has 13 nitrogen and oxygen atoms in total. The summed E-state index contributed by atoms with van der Waals surface area (Å²) in [6.45, 7) is 14.2. The number of nitrogens with one attached hydrogen (secondary N) is 3. The van der Waals surface area contributed by atoms with Gasteiger partial charge in [0.05, 0.1) is 17.8 Å². The number of rotatable bonds is 16. The molecule has 4 aromatic rings. The summed E-state index contributed by atoms with van der Waals surface area (Å²) in [4.78, 5) is 66.3. The Kier molecular flexibility index (Phi) is 14.5. The van der Waals surface area contributed by atoms with Crippen LogP contribution in [-0.2, 0) is 29.0 Å². The van der Waals surface area contributed by atoms with Crippen molar-refractivity contribution in [2.45, 2.75) is 105 Å². The topological polar surface area (TPSA) is 177 Å². The van der Waals surface area contributed by atoms with Crippen LogP contribution in [0.1, 0.15) is 70.3 Å². The zero-order chi connectivity index (χ0) is 42.9. The fourth-order valence-corrected chi connectivity index (χ4v) is 7.66. The number of aryl methyl sites for hydroxylation is 1. The van der Waals surface area contributed by atoms with Gasteiger partial charge in [-0.2, -0.15) is 0 Å². The van der Waals surface area contributed by atoms with Crippen LogP contribution in [0.15, 0.2) is 97.3 Å². The molecule has 5 amide bonds. The van der Waals surface area contributed by atoms with Gasteiger partial charge in [0.1, 0.15) is 12.1 Å². The van der Waals surface area contributed by atoms with Gasteiger partial charge < -0.3 is 36.0 Å². The van der Waals surface area contributed by atoms with Crippen molar-refractivity contribution in [2.75, 3.05) is 13.1 Å². The SMILES string of the molecule is Cc1ncccc1CN1CCN([C@H](C(=O)N[C@@H](Cc2ccccc2)[C@@H](O)C[C@H](Cc2ccc(-c3ccccn3)cc2)NC(=O)[C@@H](NC(=O)O)C(C)(C)C)C(C)(C)C)C1=O. The van der Waals surface area contributed by atoms with E-state index >= 15 is 0 Å². The fraction of sp³-hybridized carbons (Fsp3) is 0.435. The molecule has 2 aromatic carbocycles. The molecule has 5 N–H and O–H groups in total. The highest BCUT2D eigenvalue weighted by molar-refractivity contribution is 5.89. The van der Waals surface area contributed by atoms with E-state index in [1.54, 1.807) is 43.0 Å². The summed E-state index contributed by atoms with van der Waals surface area (Å²) in [5.74, 6) is -0.924. The van der Waals surface area contributed by atoms with Crippen molar-refractivity contribution in [3.05, 3.63) is 120 Å². The van der Waals surface area contributed by atoms with E-state index in [0.717, 1.165) is 33.6 Å². The number of carbonyl (C=O) groups excluding carboxylic acids is 3. The number of nitrogens with zero attached hydrogens (tertiary/aromatic N) is 4. The summed E-state index contributed by atoms with van der Waals surface area (Å²) in [5, 5.41) is 30.3. The Balaban J connectivity index is 1.41. The van der Waals surface area contributed by atoms with E-state index < -0.39 is 59.0 Å². The number of aliphatic hydroxyl groups excluding tert-OH is 1. The van der Waals surface area contributed by atoms with Gasteiger partial charge in [0.15, 0.2) is 0 Å². The van der Waals surface area contributed by atoms with Crippen LogP contribution >= 0.6 is 0 Å². The van der Waals surface area contributed by atoms with Gasteiger partial charge in [-0.05, 0) is 71.9 Å². The summed E-state index contributed by atoms with van der Waals surface area (Å²) in [6.07, 6.45) is 1.55. The Morgan fingerprint density at radius 2 is 1.41 bits per heavy atom. The lowest BCUT2D eigenvalue weighted by Crippen LogP contribution is -2.59. The average Bonchev–Trinajstić information content (AvgIpc) is 3.52. The fourth-order valence-electron chi connectivity index (χ4n) is 7.66. The summed E-state index contributed by atoms with van der Waals surface area (Å²) in [6, 6.07) is 23.1. The van der Waals surface area contributed by atoms with Gasteiger partial charge in [-0.1, -0.05) is 108 Å². The molecule has 0 aliphatic carbocycles. The van der Waals surface area contributed by atoms with Crippen LogP contribution in [0.3, 0.4) is 0 Å². The highest BCUT2D eigenvalue weighted by atomic mass is 16.4. The lowest BCUT2D eigenvalue weighted by Gasteiger charge is -2.38. The maximum Gasteiger partial charge on any atom is 0.405 e. The van der Waals surface area contributed by atoms with E-state index in [1.807, 2.05) is 113 Å². The lowest BCUT2D eigenvalue weighted by atomic mass is 9.84. The van der Waals surface area contributed by atoms with Gasteiger partial charge in [0.2, 0.25) is 11.8 Å². The minimum atomic E-state index is -1.33. The third kappa shape index (κ3) is 12.1. The van der Waals surface area contributed by atoms with E-state index in [-0.39, 0.29) is 18.9 Å². The number of pyridine rings is 2. The van der Waals surface area contributed by atoms with Gasteiger partial charge in [-0.3, -0.25) is 19.6 Å². The Bertz CT molecular complexity index is 2030. The van der Waals surface area contributed by atoms with E-state index in [4.69, 9.17) is 0 Å². The molecule has 1 aliphatic heterocycles. The Hall–Kier alpha value is -5.82. The van der Waals surface area contributed by atoms with Crippen LogP contribution in [0.25, 0.3) is 11.3 Å². The average molecular weight is 806 g/mol. The van der Waals surface area contributed by atoms with E-state index in [2.05, 4.69) is 25.9 Å². The molecule has 3 heterocycles. The predicted octanol–water partition coefficient (Wildman–Crippen LogP) is 5.99. The van der Waals surface area contributed by atoms with Crippen molar-refractivity contribution in [1.29, 1.82) is 0 Å². The molecule has 2 aromatic heterocycles. The largest absolute Gasteiger partial charge is 0.465 e. The number of hydrogen-bond acceptors (Lipinski definition) is 7. The van der Waals surface area contributed by atoms with Crippen molar-refractivity contribution < 1.29 is 29.4 Å². The van der Waals surface area contributed by atoms with Crippen LogP contribution in [0.4, 0.5) is 9.59 Å². The molecule has 314 valence electrons. The first-order valence-electron chi connectivity index (χ1n) is 20.2. The number of urea groups is 1. The molecule has 0 saturated carbocycles. The summed E-state index contributed by atoms with van der Waals surface area (Å²) in [7, 11) is 0. The van der Waals surface area contributed by atoms with Crippen LogP contribution in [0.5, 0.6) is 0 Å². The molecule has 1 fully saturated rings. The van der Waals surface area contributed by atoms with Gasteiger partial charge >= 0.3 is 12.1 Å². The number of aliphatic hydroxyl groups is 1. The standard InChI is InChI=1S/C46H59N7O6/c1-30-34(16-13-23-47-30)29-52-24-25-53(44(52)59)40(46(5,6)7)42(56)50-37(27-31-14-9-8-10-15-31)38(54)28-35(49-41(55)39(45(2,3)4)51-43(57)58)26-32-18-20-33(21-19-32)36-17-11-12-22-48-36/h8-23,35,37-40,51,54H,24-29H2,1-7H3,(H,49,55)(H,50,56)(H,57,58)/t35-,37-,38-,39+,40+/m0/s1. The first kappa shape index (κ1) is 44.3. The van der Waals surface area contributed by atoms with Gasteiger partial charge in [-0.25, -0.2) is 9.59 Å². The summed E-state index contributed by atoms with van der Waals surface area (Å²) in [5.41, 5.74) is 3.82. The molecule has 13 heteroatoms. The molecule has 0 spiro atoms. The maximum atomic E-state index is 14.6. The number of carbonyl (C=O) groups is 4. The first-order chi connectivity index (χ1) is 27.9. The third-order valence-corrected chi connectivity index (χ3v) is 10.7. The van der Waals surface area contributed by atoms with Crippen LogP contribution in [0.2, 0.25) is 0 Å². The van der Waals surface area contributed by atoms with Gasteiger partial charge in [-0.15, -0.1) is 0 Å². The highest BCUT2D eigenvalue weighted by Crippen LogP contribution is 2.30. The number of hydrogen-bond donors (Lipinski definition) is 5. The second-order valence-corrected chi connectivity index (χ2v) is 17.6. The van der Waals surface area contributed by atoms with Crippen LogP contribution in [0, 0.1) is 17.8 Å². The minimum Gasteiger partial charge on any atom is -0.465 e. The molecule has 5 rings (SSSR count). The molecule has 5 atom stereocenters. The highest BCUT2D eigenvalue weighted by Gasteiger charge is 2.44. The van der Waals surface area contributed by atoms with E-state index in [1.165, 1.54) is 0 Å². The molecule has 59 heavy (non-hydrogen) atoms. The van der Waals surface area contributed by atoms with Gasteiger partial charge in [0.25, 0.3) is 0 Å². The molecular formula is C46H59N7O6. The zero-order valence-corrected chi connectivity index (χ0v) is 35.2.